The van der Waals surface area contributed by atoms with Crippen molar-refractivity contribution in [2.75, 3.05) is 12.3 Å². The Labute approximate surface area is 163 Å². The van der Waals surface area contributed by atoms with Gasteiger partial charge in [0, 0.05) is 6.07 Å². The van der Waals surface area contributed by atoms with Crippen LogP contribution >= 0.6 is 0 Å². The number of aryl methyl sites for hydroxylation is 1. The van der Waals surface area contributed by atoms with Crippen LogP contribution < -0.4 is 20.8 Å². The van der Waals surface area contributed by atoms with Crippen molar-refractivity contribution in [3.63, 3.8) is 0 Å². The number of aromatic nitrogens is 1. The lowest BCUT2D eigenvalue weighted by molar-refractivity contribution is 0.269. The van der Waals surface area contributed by atoms with Gasteiger partial charge >= 0.3 is 0 Å². The zero-order chi connectivity index (χ0) is 19.9. The van der Waals surface area contributed by atoms with Crippen molar-refractivity contribution in [1.82, 2.24) is 4.68 Å². The van der Waals surface area contributed by atoms with Crippen LogP contribution in [0.15, 0.2) is 70.6 Å². The fourth-order valence-corrected chi connectivity index (χ4v) is 2.70. The van der Waals surface area contributed by atoms with Crippen LogP contribution in [-0.2, 0) is 6.61 Å². The second-order valence-electron chi connectivity index (χ2n) is 6.27. The summed E-state index contributed by atoms with van der Waals surface area (Å²) in [5.41, 5.74) is 8.25. The lowest BCUT2D eigenvalue weighted by Gasteiger charge is -2.12. The highest BCUT2D eigenvalue weighted by Gasteiger charge is 2.07. The number of nitrogen functional groups attached to an aromatic ring is 1. The van der Waals surface area contributed by atoms with Gasteiger partial charge in [-0.05, 0) is 54.8 Å². The topological polar surface area (TPSA) is 78.8 Å². The third-order valence-corrected chi connectivity index (χ3v) is 4.01. The zero-order valence-corrected chi connectivity index (χ0v) is 16.0. The molecule has 6 nitrogen and oxygen atoms in total. The Morgan fingerprint density at radius 3 is 2.54 bits per heavy atom. The first kappa shape index (κ1) is 19.2. The number of rotatable bonds is 7. The molecule has 0 radical (unpaired) electrons. The largest absolute Gasteiger partial charge is 0.490 e. The molecule has 0 saturated heterocycles. The molecule has 0 fully saturated rings. The first-order valence-corrected chi connectivity index (χ1v) is 9.04. The highest BCUT2D eigenvalue weighted by atomic mass is 16.5. The summed E-state index contributed by atoms with van der Waals surface area (Å²) in [5.74, 6) is 1.55. The number of nitrogens with two attached hydrogens (primary N) is 1. The van der Waals surface area contributed by atoms with Gasteiger partial charge in [0.1, 0.15) is 12.4 Å². The number of hydrogen-bond donors (Lipinski definition) is 1. The lowest BCUT2D eigenvalue weighted by atomic mass is 10.2. The van der Waals surface area contributed by atoms with E-state index >= 15 is 0 Å². The molecule has 0 atom stereocenters. The molecule has 0 spiro atoms. The molecule has 1 aromatic heterocycles. The SMILES string of the molecule is CCOc1cc(/C=N\n2c(N)cc(C)cc2=O)ccc1OCc1ccccc1. The Morgan fingerprint density at radius 2 is 1.82 bits per heavy atom. The van der Waals surface area contributed by atoms with Crippen molar-refractivity contribution in [2.45, 2.75) is 20.5 Å². The van der Waals surface area contributed by atoms with Crippen molar-refractivity contribution in [3.05, 3.63) is 87.7 Å². The molecule has 2 aromatic carbocycles. The molecular weight excluding hydrogens is 354 g/mol. The van der Waals surface area contributed by atoms with Crippen molar-refractivity contribution in [2.24, 2.45) is 5.10 Å². The maximum Gasteiger partial charge on any atom is 0.273 e. The Bertz CT molecular complexity index is 1030. The summed E-state index contributed by atoms with van der Waals surface area (Å²) in [7, 11) is 0. The van der Waals surface area contributed by atoms with E-state index in [1.165, 1.54) is 6.07 Å². The Balaban J connectivity index is 1.81. The van der Waals surface area contributed by atoms with E-state index in [0.717, 1.165) is 21.4 Å². The van der Waals surface area contributed by atoms with Crippen LogP contribution in [0, 0.1) is 6.92 Å². The van der Waals surface area contributed by atoms with Crippen LogP contribution in [0.4, 0.5) is 5.82 Å². The van der Waals surface area contributed by atoms with E-state index < -0.39 is 0 Å². The molecule has 144 valence electrons. The first-order valence-electron chi connectivity index (χ1n) is 9.04. The number of anilines is 1. The van der Waals surface area contributed by atoms with Gasteiger partial charge in [-0.1, -0.05) is 30.3 Å². The van der Waals surface area contributed by atoms with Crippen LogP contribution in [0.5, 0.6) is 11.5 Å². The Kier molecular flexibility index (Phi) is 6.11. The molecule has 1 heterocycles. The second-order valence-corrected chi connectivity index (χ2v) is 6.27. The van der Waals surface area contributed by atoms with Gasteiger partial charge in [-0.3, -0.25) is 4.79 Å². The predicted octanol–water partition coefficient (Wildman–Crippen LogP) is 3.60. The number of hydrogen-bond acceptors (Lipinski definition) is 5. The smallest absolute Gasteiger partial charge is 0.273 e. The third kappa shape index (κ3) is 4.79. The minimum atomic E-state index is -0.276. The van der Waals surface area contributed by atoms with Gasteiger partial charge in [-0.25, -0.2) is 0 Å². The van der Waals surface area contributed by atoms with Crippen LogP contribution in [0.25, 0.3) is 0 Å². The maximum atomic E-state index is 12.1. The van der Waals surface area contributed by atoms with Crippen LogP contribution in [0.3, 0.4) is 0 Å². The van der Waals surface area contributed by atoms with E-state index in [1.54, 1.807) is 12.3 Å². The summed E-state index contributed by atoms with van der Waals surface area (Å²) in [6.45, 7) is 4.68. The quantitative estimate of drug-likeness (QED) is 0.638. The third-order valence-electron chi connectivity index (χ3n) is 4.01. The highest BCUT2D eigenvalue weighted by molar-refractivity contribution is 5.81. The van der Waals surface area contributed by atoms with Gasteiger partial charge in [0.2, 0.25) is 0 Å². The average Bonchev–Trinajstić information content (AvgIpc) is 2.67. The van der Waals surface area contributed by atoms with Crippen molar-refractivity contribution < 1.29 is 9.47 Å². The van der Waals surface area contributed by atoms with E-state index in [0.29, 0.717) is 24.7 Å². The summed E-state index contributed by atoms with van der Waals surface area (Å²) in [5, 5.41) is 4.20. The molecule has 3 aromatic rings. The highest BCUT2D eigenvalue weighted by Crippen LogP contribution is 2.29. The van der Waals surface area contributed by atoms with E-state index in [-0.39, 0.29) is 11.4 Å². The number of nitrogens with zero attached hydrogens (tertiary/aromatic N) is 2. The monoisotopic (exact) mass is 377 g/mol. The summed E-state index contributed by atoms with van der Waals surface area (Å²) >= 11 is 0. The molecule has 0 aliphatic rings. The molecule has 6 heteroatoms. The maximum absolute atomic E-state index is 12.1. The average molecular weight is 377 g/mol. The van der Waals surface area contributed by atoms with E-state index in [1.807, 2.05) is 62.4 Å². The van der Waals surface area contributed by atoms with Gasteiger partial charge < -0.3 is 15.2 Å². The molecule has 0 aliphatic heterocycles. The van der Waals surface area contributed by atoms with Gasteiger partial charge in [0.25, 0.3) is 5.56 Å². The van der Waals surface area contributed by atoms with Gasteiger partial charge in [0.15, 0.2) is 11.5 Å². The second kappa shape index (κ2) is 8.90. The fraction of sp³-hybridized carbons (Fsp3) is 0.182. The van der Waals surface area contributed by atoms with E-state index in [9.17, 15) is 4.79 Å². The summed E-state index contributed by atoms with van der Waals surface area (Å²) < 4.78 is 12.8. The first-order chi connectivity index (χ1) is 13.6. The summed E-state index contributed by atoms with van der Waals surface area (Å²) in [6.07, 6.45) is 1.57. The number of ether oxygens (including phenoxy) is 2. The molecule has 0 amide bonds. The Morgan fingerprint density at radius 1 is 1.04 bits per heavy atom. The Hall–Kier alpha value is -3.54. The van der Waals surface area contributed by atoms with Gasteiger partial charge in [0.05, 0.1) is 12.8 Å². The molecule has 0 unspecified atom stereocenters. The van der Waals surface area contributed by atoms with Crippen LogP contribution in [-0.4, -0.2) is 17.5 Å². The molecule has 3 rings (SSSR count). The van der Waals surface area contributed by atoms with Crippen LogP contribution in [0.2, 0.25) is 0 Å². The molecule has 0 bridgehead atoms. The van der Waals surface area contributed by atoms with Gasteiger partial charge in [-0.15, -0.1) is 0 Å². The standard InChI is InChI=1S/C22H23N3O3/c1-3-27-20-13-18(14-24-25-21(23)11-16(2)12-22(25)26)9-10-19(20)28-15-17-7-5-4-6-8-17/h4-14H,3,15,23H2,1-2H3/b24-14-. The van der Waals surface area contributed by atoms with Crippen molar-refractivity contribution in [3.8, 4) is 11.5 Å². The lowest BCUT2D eigenvalue weighted by Crippen LogP contribution is -2.19. The molecule has 0 saturated carbocycles. The summed E-state index contributed by atoms with van der Waals surface area (Å²) in [4.78, 5) is 12.1. The van der Waals surface area contributed by atoms with E-state index in [4.69, 9.17) is 15.2 Å². The number of benzene rings is 2. The van der Waals surface area contributed by atoms with Crippen LogP contribution in [0.1, 0.15) is 23.6 Å². The normalized spacial score (nSPS) is 10.9. The minimum absolute atomic E-state index is 0.276. The molecular formula is C22H23N3O3. The molecule has 0 aliphatic carbocycles. The zero-order valence-electron chi connectivity index (χ0n) is 16.0. The summed E-state index contributed by atoms with van der Waals surface area (Å²) in [6, 6.07) is 18.6. The predicted molar refractivity (Wildman–Crippen MR) is 111 cm³/mol. The molecule has 2 N–H and O–H groups in total. The van der Waals surface area contributed by atoms with Crippen molar-refractivity contribution in [1.29, 1.82) is 0 Å². The number of pyridine rings is 1. The van der Waals surface area contributed by atoms with Crippen molar-refractivity contribution >= 4 is 12.0 Å². The van der Waals surface area contributed by atoms with Gasteiger partial charge in [-0.2, -0.15) is 9.78 Å². The minimum Gasteiger partial charge on any atom is -0.490 e. The van der Waals surface area contributed by atoms with E-state index in [2.05, 4.69) is 5.10 Å². The fourth-order valence-electron chi connectivity index (χ4n) is 2.70. The molecule has 28 heavy (non-hydrogen) atoms.